The summed E-state index contributed by atoms with van der Waals surface area (Å²) < 4.78 is 18.2. The van der Waals surface area contributed by atoms with Crippen LogP contribution in [0.25, 0.3) is 0 Å². The van der Waals surface area contributed by atoms with Crippen molar-refractivity contribution in [1.29, 1.82) is 0 Å². The largest absolute Gasteiger partial charge is 0.553 e. The molecule has 1 saturated heterocycles. The zero-order valence-electron chi connectivity index (χ0n) is 16.4. The molecule has 0 bridgehead atoms. The van der Waals surface area contributed by atoms with Gasteiger partial charge in [0.15, 0.2) is 0 Å². The second-order valence-electron chi connectivity index (χ2n) is 8.96. The van der Waals surface area contributed by atoms with Gasteiger partial charge in [-0.05, 0) is 63.1 Å². The Kier molecular flexibility index (Phi) is 5.07. The van der Waals surface area contributed by atoms with Crippen molar-refractivity contribution < 1.29 is 13.7 Å². The van der Waals surface area contributed by atoms with Gasteiger partial charge in [0.2, 0.25) is 8.65 Å². The monoisotopic (exact) mass is 336 g/mol. The molecular weight excluding hydrogens is 303 g/mol. The smallest absolute Gasteiger partial charge is 0.490 e. The summed E-state index contributed by atoms with van der Waals surface area (Å²) in [7, 11) is 0.774. The van der Waals surface area contributed by atoms with Gasteiger partial charge in [-0.3, -0.25) is 0 Å². The van der Waals surface area contributed by atoms with Crippen LogP contribution in [0, 0.1) is 11.3 Å². The van der Waals surface area contributed by atoms with E-state index in [-0.39, 0.29) is 23.7 Å². The van der Waals surface area contributed by atoms with Crippen LogP contribution in [0.1, 0.15) is 61.3 Å². The molecule has 1 unspecified atom stereocenters. The summed E-state index contributed by atoms with van der Waals surface area (Å²) in [6.07, 6.45) is 4.52. The first-order valence-corrected chi connectivity index (χ1v) is 10.6. The standard InChI is InChI=1S/C18H33BO3Si/c1-16(2,3)14-12-13(10-11-15(14)23(9)20-8)19-21-17(4,5)18(6,7)22-19/h12,14H,10-11H2,1-9H3/b23-15+. The normalized spacial score (nSPS) is 29.3. The lowest BCUT2D eigenvalue weighted by molar-refractivity contribution is 0.00578. The molecule has 0 N–H and O–H groups in total. The maximum absolute atomic E-state index is 6.26. The van der Waals surface area contributed by atoms with E-state index in [1.165, 1.54) is 5.47 Å². The summed E-state index contributed by atoms with van der Waals surface area (Å²) in [5, 5.41) is 1.59. The van der Waals surface area contributed by atoms with Crippen LogP contribution >= 0.6 is 0 Å². The molecule has 3 nitrogen and oxygen atoms in total. The molecule has 1 atom stereocenters. The molecule has 0 spiro atoms. The minimum atomic E-state index is -0.861. The van der Waals surface area contributed by atoms with E-state index in [4.69, 9.17) is 13.7 Å². The van der Waals surface area contributed by atoms with Gasteiger partial charge in [0.25, 0.3) is 0 Å². The maximum Gasteiger partial charge on any atom is 0.490 e. The lowest BCUT2D eigenvalue weighted by atomic mass is 9.65. The van der Waals surface area contributed by atoms with Crippen LogP contribution in [-0.2, 0) is 13.7 Å². The molecule has 5 heteroatoms. The molecular formula is C18H33BO3Si. The molecule has 2 aliphatic rings. The summed E-state index contributed by atoms with van der Waals surface area (Å²) in [5.41, 5.74) is 0.950. The second-order valence-corrected chi connectivity index (χ2v) is 11.1. The van der Waals surface area contributed by atoms with E-state index in [2.05, 4.69) is 61.1 Å². The van der Waals surface area contributed by atoms with E-state index in [9.17, 15) is 0 Å². The van der Waals surface area contributed by atoms with E-state index in [1.807, 2.05) is 7.11 Å². The van der Waals surface area contributed by atoms with Crippen molar-refractivity contribution >= 4 is 20.9 Å². The van der Waals surface area contributed by atoms with Gasteiger partial charge in [0.05, 0.1) is 18.3 Å². The van der Waals surface area contributed by atoms with Crippen LogP contribution in [0.15, 0.2) is 11.5 Å². The highest BCUT2D eigenvalue weighted by molar-refractivity contribution is 6.66. The molecule has 23 heavy (non-hydrogen) atoms. The molecule has 1 aliphatic carbocycles. The maximum atomic E-state index is 6.26. The quantitative estimate of drug-likeness (QED) is 0.713. The van der Waals surface area contributed by atoms with Crippen LogP contribution in [0.2, 0.25) is 6.55 Å². The SMILES string of the molecule is CO/[Si](C)=C1\CCC(B2OC(C)(C)C(C)(C)O2)=CC1C(C)(C)C. The molecule has 2 rings (SSSR count). The molecule has 130 valence electrons. The van der Waals surface area contributed by atoms with E-state index in [0.717, 1.165) is 12.8 Å². The Morgan fingerprint density at radius 2 is 1.65 bits per heavy atom. The number of hydrogen-bond donors (Lipinski definition) is 0. The first-order valence-electron chi connectivity index (χ1n) is 8.69. The van der Waals surface area contributed by atoms with Gasteiger partial charge in [0.1, 0.15) is 0 Å². The lowest BCUT2D eigenvalue weighted by Crippen LogP contribution is -2.41. The average molecular weight is 336 g/mol. The molecule has 0 amide bonds. The van der Waals surface area contributed by atoms with E-state index in [0.29, 0.717) is 5.92 Å². The van der Waals surface area contributed by atoms with E-state index >= 15 is 0 Å². The van der Waals surface area contributed by atoms with Crippen molar-refractivity contribution in [2.45, 2.75) is 79.1 Å². The Morgan fingerprint density at radius 1 is 1.13 bits per heavy atom. The third-order valence-corrected chi connectivity index (χ3v) is 7.76. The minimum absolute atomic E-state index is 0.190. The summed E-state index contributed by atoms with van der Waals surface area (Å²) in [4.78, 5) is 0. The fourth-order valence-corrected chi connectivity index (χ4v) is 5.02. The fourth-order valence-electron chi connectivity index (χ4n) is 3.32. The Labute approximate surface area is 144 Å². The van der Waals surface area contributed by atoms with Gasteiger partial charge in [-0.25, -0.2) is 0 Å². The van der Waals surface area contributed by atoms with Gasteiger partial charge >= 0.3 is 7.12 Å². The summed E-state index contributed by atoms with van der Waals surface area (Å²) in [5.74, 6) is 0.434. The second kappa shape index (κ2) is 6.16. The van der Waals surface area contributed by atoms with Crippen molar-refractivity contribution in [3.8, 4) is 0 Å². The van der Waals surface area contributed by atoms with Gasteiger partial charge in [-0.2, -0.15) is 0 Å². The lowest BCUT2D eigenvalue weighted by Gasteiger charge is -2.36. The Balaban J connectivity index is 2.34. The Bertz CT molecular complexity index is 513. The van der Waals surface area contributed by atoms with Crippen molar-refractivity contribution in [2.24, 2.45) is 11.3 Å². The molecule has 0 aromatic heterocycles. The Morgan fingerprint density at radius 3 is 2.09 bits per heavy atom. The molecule has 1 fully saturated rings. The van der Waals surface area contributed by atoms with Gasteiger partial charge in [0, 0.05) is 5.92 Å². The van der Waals surface area contributed by atoms with Crippen molar-refractivity contribution in [3.63, 3.8) is 0 Å². The zero-order chi connectivity index (χ0) is 17.6. The first kappa shape index (κ1) is 18.9. The first-order chi connectivity index (χ1) is 10.4. The number of allylic oxidation sites excluding steroid dienone is 2. The minimum Gasteiger partial charge on any atom is -0.553 e. The van der Waals surface area contributed by atoms with E-state index < -0.39 is 8.65 Å². The average Bonchev–Trinajstić information content (AvgIpc) is 2.65. The van der Waals surface area contributed by atoms with Gasteiger partial charge in [-0.15, -0.1) is 0 Å². The number of hydrogen-bond acceptors (Lipinski definition) is 3. The highest BCUT2D eigenvalue weighted by Gasteiger charge is 2.52. The number of rotatable bonds is 2. The molecule has 0 aromatic carbocycles. The molecule has 0 aromatic rings. The highest BCUT2D eigenvalue weighted by Crippen LogP contribution is 2.42. The van der Waals surface area contributed by atoms with Crippen molar-refractivity contribution in [2.75, 3.05) is 7.11 Å². The predicted molar refractivity (Wildman–Crippen MR) is 100.0 cm³/mol. The molecule has 1 heterocycles. The Hall–Kier alpha value is -0.388. The van der Waals surface area contributed by atoms with Crippen molar-refractivity contribution in [1.82, 2.24) is 0 Å². The third-order valence-electron chi connectivity index (χ3n) is 5.69. The summed E-state index contributed by atoms with van der Waals surface area (Å²) >= 11 is 0. The van der Waals surface area contributed by atoms with Crippen LogP contribution in [0.4, 0.5) is 0 Å². The molecule has 1 aliphatic heterocycles. The van der Waals surface area contributed by atoms with Crippen molar-refractivity contribution in [3.05, 3.63) is 11.5 Å². The third kappa shape index (κ3) is 3.67. The highest BCUT2D eigenvalue weighted by atomic mass is 28.3. The van der Waals surface area contributed by atoms with Crippen LogP contribution < -0.4 is 0 Å². The predicted octanol–water partition coefficient (Wildman–Crippen LogP) is 4.02. The van der Waals surface area contributed by atoms with E-state index in [1.54, 1.807) is 5.17 Å². The summed E-state index contributed by atoms with van der Waals surface area (Å²) in [6.45, 7) is 17.7. The topological polar surface area (TPSA) is 27.7 Å². The molecule has 0 radical (unpaired) electrons. The van der Waals surface area contributed by atoms with Gasteiger partial charge < -0.3 is 13.7 Å². The fraction of sp³-hybridized carbons (Fsp3) is 0.833. The zero-order valence-corrected chi connectivity index (χ0v) is 17.4. The van der Waals surface area contributed by atoms with Crippen LogP contribution in [-0.4, -0.2) is 39.3 Å². The van der Waals surface area contributed by atoms with Crippen LogP contribution in [0.5, 0.6) is 0 Å². The summed E-state index contributed by atoms with van der Waals surface area (Å²) in [6, 6.07) is 0. The van der Waals surface area contributed by atoms with Crippen LogP contribution in [0.3, 0.4) is 0 Å². The van der Waals surface area contributed by atoms with Gasteiger partial charge in [-0.1, -0.05) is 26.8 Å². The molecule has 0 saturated carbocycles.